The lowest BCUT2D eigenvalue weighted by Crippen LogP contribution is -2.63. The van der Waals surface area contributed by atoms with Crippen LogP contribution in [0.3, 0.4) is 0 Å². The Labute approximate surface area is 320 Å². The molecule has 2 bridgehead atoms. The number of hydrogen-bond donors (Lipinski definition) is 1. The Morgan fingerprint density at radius 1 is 1.05 bits per heavy atom. The third-order valence-corrected chi connectivity index (χ3v) is 12.3. The maximum Gasteiger partial charge on any atom is 0.410 e. The fraction of sp³-hybridized carbons (Fsp3) is 0.381. The van der Waals surface area contributed by atoms with Gasteiger partial charge in [-0.1, -0.05) is 42.3 Å². The summed E-state index contributed by atoms with van der Waals surface area (Å²) in [6, 6.07) is 13.7. The molecule has 3 aromatic carbocycles. The number of anilines is 1. The first kappa shape index (κ1) is 34.7. The average molecular weight is 763 g/mol. The maximum atomic E-state index is 17.3. The predicted molar refractivity (Wildman–Crippen MR) is 200 cm³/mol. The zero-order chi connectivity index (χ0) is 38.3. The number of aromatic hydroxyl groups is 1. The molecule has 2 aromatic heterocycles. The van der Waals surface area contributed by atoms with Crippen molar-refractivity contribution in [1.82, 2.24) is 24.8 Å². The Bertz CT molecular complexity index is 2470. The average Bonchev–Trinajstić information content (AvgIpc) is 3.80. The van der Waals surface area contributed by atoms with Crippen molar-refractivity contribution in [3.8, 4) is 41.2 Å². The van der Waals surface area contributed by atoms with E-state index < -0.39 is 35.5 Å². The Morgan fingerprint density at radius 3 is 2.75 bits per heavy atom. The second kappa shape index (κ2) is 13.2. The van der Waals surface area contributed by atoms with Crippen molar-refractivity contribution in [1.29, 1.82) is 0 Å². The number of hydrogen-bond acceptors (Lipinski definition) is 10. The van der Waals surface area contributed by atoms with Crippen LogP contribution in [-0.2, 0) is 11.3 Å². The zero-order valence-electron chi connectivity index (χ0n) is 30.3. The fourth-order valence-corrected chi connectivity index (χ4v) is 9.79. The first-order valence-corrected chi connectivity index (χ1v) is 18.9. The van der Waals surface area contributed by atoms with Gasteiger partial charge in [0.05, 0.1) is 29.2 Å². The third-order valence-electron chi connectivity index (χ3n) is 12.3. The largest absolute Gasteiger partial charge is 0.508 e. The van der Waals surface area contributed by atoms with E-state index in [9.17, 15) is 14.3 Å². The summed E-state index contributed by atoms with van der Waals surface area (Å²) in [5.41, 5.74) is -0.150. The molecule has 56 heavy (non-hydrogen) atoms. The molecule has 4 fully saturated rings. The number of aromatic nitrogens is 3. The minimum Gasteiger partial charge on any atom is -0.508 e. The van der Waals surface area contributed by atoms with E-state index in [4.69, 9.17) is 25.6 Å². The summed E-state index contributed by atoms with van der Waals surface area (Å²) in [6.07, 6.45) is 7.73. The second-order valence-corrected chi connectivity index (χ2v) is 15.4. The van der Waals surface area contributed by atoms with E-state index in [1.165, 1.54) is 24.3 Å². The van der Waals surface area contributed by atoms with Crippen LogP contribution in [0.15, 0.2) is 54.6 Å². The highest BCUT2D eigenvalue weighted by atomic mass is 19.1. The van der Waals surface area contributed by atoms with Crippen LogP contribution >= 0.6 is 0 Å². The lowest BCUT2D eigenvalue weighted by molar-refractivity contribution is 0.0582. The molecule has 11 nitrogen and oxygen atoms in total. The van der Waals surface area contributed by atoms with Gasteiger partial charge in [0.1, 0.15) is 60.0 Å². The predicted octanol–water partition coefficient (Wildman–Crippen LogP) is 6.52. The number of terminal acetylenes is 1. The van der Waals surface area contributed by atoms with Gasteiger partial charge in [-0.3, -0.25) is 9.80 Å². The van der Waals surface area contributed by atoms with Crippen LogP contribution in [0.1, 0.15) is 43.2 Å². The number of nitrogens with zero attached hydrogens (tertiary/aromatic N) is 6. The standard InChI is InChI=1S/C42H37F3N6O5/c1-2-28-30(44)11-9-24-15-27(52)16-29(33(24)28)36-35(45)37-34-38(48-40(47-37)56-22-42-13-6-14-49(42)18-25(43)17-42)50-19-26-10-12-31(32(50)21-54-39(34)46-36)51(26)41(53)55-20-23-7-4-3-5-8-23/h1,3-5,7-9,11,15-16,25-26,31-32,52H,6,10,12-14,17-22H2/t25-,26?,31?,32?,42+/m1/s1. The molecular formula is C42H37F3N6O5. The van der Waals surface area contributed by atoms with Crippen LogP contribution in [0.5, 0.6) is 17.6 Å². The number of amides is 1. The number of phenolic OH excluding ortho intramolecular Hbond substituents is 1. The molecule has 5 atom stereocenters. The lowest BCUT2D eigenvalue weighted by atomic mass is 9.95. The number of ether oxygens (including phenoxy) is 3. The first-order chi connectivity index (χ1) is 27.2. The molecule has 0 radical (unpaired) electrons. The molecule has 5 aliphatic rings. The smallest absolute Gasteiger partial charge is 0.410 e. The minimum absolute atomic E-state index is 0.0215. The van der Waals surface area contributed by atoms with Crippen molar-refractivity contribution in [2.45, 2.75) is 68.5 Å². The van der Waals surface area contributed by atoms with Gasteiger partial charge < -0.3 is 24.2 Å². The van der Waals surface area contributed by atoms with Gasteiger partial charge in [-0.05, 0) is 61.4 Å². The van der Waals surface area contributed by atoms with Gasteiger partial charge in [-0.2, -0.15) is 9.97 Å². The van der Waals surface area contributed by atoms with Crippen LogP contribution < -0.4 is 14.4 Å². The molecule has 0 saturated carbocycles. The van der Waals surface area contributed by atoms with Crippen molar-refractivity contribution < 1.29 is 37.3 Å². The topological polar surface area (TPSA) is 113 Å². The van der Waals surface area contributed by atoms with Gasteiger partial charge in [-0.25, -0.2) is 22.9 Å². The number of phenols is 1. The molecule has 286 valence electrons. The normalized spacial score (nSPS) is 25.1. The summed E-state index contributed by atoms with van der Waals surface area (Å²) in [7, 11) is 0. The monoisotopic (exact) mass is 762 g/mol. The molecule has 0 spiro atoms. The van der Waals surface area contributed by atoms with Crippen molar-refractivity contribution >= 4 is 33.6 Å². The molecule has 5 aromatic rings. The summed E-state index contributed by atoms with van der Waals surface area (Å²) >= 11 is 0. The highest BCUT2D eigenvalue weighted by Crippen LogP contribution is 2.47. The molecular weight excluding hydrogens is 725 g/mol. The van der Waals surface area contributed by atoms with Gasteiger partial charge in [0.25, 0.3) is 0 Å². The first-order valence-electron chi connectivity index (χ1n) is 18.9. The molecule has 10 rings (SSSR count). The molecule has 5 aliphatic heterocycles. The van der Waals surface area contributed by atoms with E-state index in [2.05, 4.69) is 20.8 Å². The molecule has 4 saturated heterocycles. The minimum atomic E-state index is -0.978. The van der Waals surface area contributed by atoms with E-state index in [1.54, 1.807) is 4.90 Å². The number of piperazine rings is 1. The highest BCUT2D eigenvalue weighted by molar-refractivity contribution is 6.04. The van der Waals surface area contributed by atoms with Gasteiger partial charge in [0, 0.05) is 30.5 Å². The molecule has 0 aliphatic carbocycles. The van der Waals surface area contributed by atoms with Gasteiger partial charge in [-0.15, -0.1) is 6.42 Å². The second-order valence-electron chi connectivity index (χ2n) is 15.4. The highest BCUT2D eigenvalue weighted by Gasteiger charge is 2.52. The number of benzene rings is 3. The summed E-state index contributed by atoms with van der Waals surface area (Å²) in [5, 5.41) is 11.5. The number of pyridine rings is 1. The van der Waals surface area contributed by atoms with E-state index in [-0.39, 0.29) is 82.7 Å². The van der Waals surface area contributed by atoms with Crippen LogP contribution in [-0.4, -0.2) is 98.6 Å². The van der Waals surface area contributed by atoms with Gasteiger partial charge >= 0.3 is 12.1 Å². The summed E-state index contributed by atoms with van der Waals surface area (Å²) in [5.74, 6) is 0.950. The quantitative estimate of drug-likeness (QED) is 0.192. The Morgan fingerprint density at radius 2 is 1.91 bits per heavy atom. The zero-order valence-corrected chi connectivity index (χ0v) is 30.3. The van der Waals surface area contributed by atoms with Gasteiger partial charge in [0.15, 0.2) is 5.82 Å². The van der Waals surface area contributed by atoms with E-state index in [0.717, 1.165) is 31.4 Å². The third kappa shape index (κ3) is 5.46. The summed E-state index contributed by atoms with van der Waals surface area (Å²) in [6.45, 7) is 1.74. The SMILES string of the molecule is C#Cc1c(F)ccc2cc(O)cc(-c3nc4c5c(nc(OC[C@@]67CCCN6C[C@H](F)C7)nc5c3F)N3CC5CCC(C3CO4)N5C(=O)OCc3ccccc3)c12. The summed E-state index contributed by atoms with van der Waals surface area (Å²) < 4.78 is 65.8. The molecule has 1 amide bonds. The lowest BCUT2D eigenvalue weighted by Gasteiger charge is -2.45. The Hall–Kier alpha value is -5.81. The van der Waals surface area contributed by atoms with Crippen LogP contribution in [0, 0.1) is 24.0 Å². The number of rotatable bonds is 6. The number of carbonyl (C=O) groups is 1. The van der Waals surface area contributed by atoms with Crippen molar-refractivity contribution in [3.63, 3.8) is 0 Å². The van der Waals surface area contributed by atoms with Crippen LogP contribution in [0.25, 0.3) is 32.9 Å². The number of alkyl halides is 1. The molecule has 14 heteroatoms. The molecule has 1 N–H and O–H groups in total. The molecule has 3 unspecified atom stereocenters. The summed E-state index contributed by atoms with van der Waals surface area (Å²) in [4.78, 5) is 33.8. The van der Waals surface area contributed by atoms with E-state index in [1.807, 2.05) is 35.2 Å². The number of halogens is 3. The van der Waals surface area contributed by atoms with Crippen molar-refractivity contribution in [2.24, 2.45) is 0 Å². The van der Waals surface area contributed by atoms with Crippen LogP contribution in [0.2, 0.25) is 0 Å². The van der Waals surface area contributed by atoms with Crippen molar-refractivity contribution in [3.05, 3.63) is 77.4 Å². The number of carbonyl (C=O) groups excluding carboxylic acids is 1. The van der Waals surface area contributed by atoms with Crippen LogP contribution in [0.4, 0.5) is 23.8 Å². The van der Waals surface area contributed by atoms with Crippen molar-refractivity contribution in [2.75, 3.05) is 37.7 Å². The Kier molecular flexibility index (Phi) is 8.14. The van der Waals surface area contributed by atoms with E-state index >= 15 is 8.78 Å². The van der Waals surface area contributed by atoms with Gasteiger partial charge in [0.2, 0.25) is 5.88 Å². The fourth-order valence-electron chi connectivity index (χ4n) is 9.79. The Balaban J connectivity index is 1.09. The maximum absolute atomic E-state index is 17.3. The van der Waals surface area contributed by atoms with E-state index in [0.29, 0.717) is 37.1 Å². The number of fused-ring (bicyclic) bond motifs is 7. The molecule has 7 heterocycles.